The average Bonchev–Trinajstić information content (AvgIpc) is 2.03. The lowest BCUT2D eigenvalue weighted by atomic mass is 10.6. The van der Waals surface area contributed by atoms with Crippen LogP contribution in [0.4, 0.5) is 0 Å². The fourth-order valence-corrected chi connectivity index (χ4v) is 0.473. The zero-order chi connectivity index (χ0) is 10.5. The maximum Gasteiger partial charge on any atom is 0.128 e. The normalized spacial score (nSPS) is 8.85. The van der Waals surface area contributed by atoms with E-state index in [1.54, 1.807) is 14.2 Å². The Hall–Kier alpha value is 0.120. The second kappa shape index (κ2) is 14.6. The first kappa shape index (κ1) is 15.6. The first-order valence-electron chi connectivity index (χ1n) is 3.82. The summed E-state index contributed by atoms with van der Waals surface area (Å²) in [6, 6.07) is 0. The van der Waals surface area contributed by atoms with Crippen LogP contribution in [0, 0.1) is 0 Å². The van der Waals surface area contributed by atoms with E-state index in [2.05, 4.69) is 30.2 Å². The van der Waals surface area contributed by atoms with Crippen LogP contribution in [0.1, 0.15) is 0 Å². The number of nitrogens with two attached hydrogens (primary N) is 1. The van der Waals surface area contributed by atoms with Gasteiger partial charge >= 0.3 is 0 Å². The maximum atomic E-state index is 4.82. The Morgan fingerprint density at radius 1 is 1.31 bits per heavy atom. The van der Waals surface area contributed by atoms with Crippen molar-refractivity contribution in [3.8, 4) is 0 Å². The van der Waals surface area contributed by atoms with Gasteiger partial charge in [-0.05, 0) is 0 Å². The van der Waals surface area contributed by atoms with Crippen LogP contribution < -0.4 is 11.1 Å². The van der Waals surface area contributed by atoms with Gasteiger partial charge in [-0.15, -0.1) is 12.6 Å². The van der Waals surface area contributed by atoms with E-state index in [1.165, 1.54) is 0 Å². The van der Waals surface area contributed by atoms with Crippen molar-refractivity contribution in [2.45, 2.75) is 0 Å². The fourth-order valence-electron chi connectivity index (χ4n) is 0.473. The van der Waals surface area contributed by atoms with Crippen molar-refractivity contribution < 1.29 is 9.47 Å². The minimum Gasteiger partial charge on any atom is -0.385 e. The van der Waals surface area contributed by atoms with Crippen molar-refractivity contribution >= 4 is 29.2 Å². The molecular weight excluding hydrogens is 208 g/mol. The van der Waals surface area contributed by atoms with Crippen molar-refractivity contribution in [3.05, 3.63) is 0 Å². The summed E-state index contributed by atoms with van der Waals surface area (Å²) >= 11 is 7.65. The highest BCUT2D eigenvalue weighted by molar-refractivity contribution is 8.10. The number of rotatable bonds is 6. The van der Waals surface area contributed by atoms with Gasteiger partial charge in [0.15, 0.2) is 0 Å². The molecule has 0 fully saturated rings. The molecule has 0 aromatic carbocycles. The molecule has 80 valence electrons. The number of hydrogen-bond acceptors (Lipinski definition) is 4. The third-order valence-electron chi connectivity index (χ3n) is 0.966. The molecule has 4 nitrogen and oxygen atoms in total. The molecule has 0 aromatic rings. The molecule has 13 heavy (non-hydrogen) atoms. The first-order valence-corrected chi connectivity index (χ1v) is 4.67. The summed E-state index contributed by atoms with van der Waals surface area (Å²) in [5.74, 6) is 0. The number of ether oxygens (including phenoxy) is 2. The quantitative estimate of drug-likeness (QED) is 0.339. The van der Waals surface area contributed by atoms with Crippen LogP contribution in [-0.2, 0) is 9.47 Å². The van der Waals surface area contributed by atoms with Crippen molar-refractivity contribution in [1.82, 2.24) is 5.32 Å². The summed E-state index contributed by atoms with van der Waals surface area (Å²) in [7, 11) is 3.38. The Morgan fingerprint density at radius 2 is 1.62 bits per heavy atom. The lowest BCUT2D eigenvalue weighted by Crippen LogP contribution is -2.23. The molecule has 6 heteroatoms. The molecule has 0 aliphatic rings. The van der Waals surface area contributed by atoms with Crippen molar-refractivity contribution in [1.29, 1.82) is 0 Å². The van der Waals surface area contributed by atoms with Gasteiger partial charge in [0.25, 0.3) is 0 Å². The molecule has 0 aromatic heterocycles. The van der Waals surface area contributed by atoms with E-state index in [0.29, 0.717) is 0 Å². The smallest absolute Gasteiger partial charge is 0.128 e. The van der Waals surface area contributed by atoms with E-state index >= 15 is 0 Å². The minimum atomic E-state index is 0.194. The summed E-state index contributed by atoms with van der Waals surface area (Å²) in [6.07, 6.45) is 0. The molecule has 0 rings (SSSR count). The zero-order valence-corrected chi connectivity index (χ0v) is 9.79. The summed E-state index contributed by atoms with van der Waals surface area (Å²) in [4.78, 5) is 0. The van der Waals surface area contributed by atoms with Gasteiger partial charge in [-0.25, -0.2) is 0 Å². The van der Waals surface area contributed by atoms with Gasteiger partial charge in [0, 0.05) is 27.3 Å². The molecule has 0 spiro atoms. The highest BCUT2D eigenvalue weighted by atomic mass is 32.1. The van der Waals surface area contributed by atoms with Gasteiger partial charge < -0.3 is 20.5 Å². The highest BCUT2D eigenvalue weighted by Gasteiger charge is 1.83. The van der Waals surface area contributed by atoms with Gasteiger partial charge in [-0.2, -0.15) is 0 Å². The largest absolute Gasteiger partial charge is 0.385 e. The molecule has 0 saturated carbocycles. The Bertz CT molecular complexity index is 105. The molecule has 0 aliphatic carbocycles. The van der Waals surface area contributed by atoms with Crippen molar-refractivity contribution in [2.75, 3.05) is 40.5 Å². The number of thiocarbonyl (C=S) groups is 1. The molecule has 0 aliphatic heterocycles. The van der Waals surface area contributed by atoms with Crippen LogP contribution in [0.3, 0.4) is 0 Å². The minimum absolute atomic E-state index is 0.194. The second-order valence-corrected chi connectivity index (χ2v) is 3.30. The Labute approximate surface area is 90.6 Å². The van der Waals surface area contributed by atoms with Gasteiger partial charge in [0.2, 0.25) is 0 Å². The monoisotopic (exact) mass is 226 g/mol. The number of thiol groups is 1. The van der Waals surface area contributed by atoms with Crippen LogP contribution in [0.5, 0.6) is 0 Å². The lowest BCUT2D eigenvalue weighted by Gasteiger charge is -2.01. The second-order valence-electron chi connectivity index (χ2n) is 2.07. The van der Waals surface area contributed by atoms with Gasteiger partial charge in [-0.1, -0.05) is 12.2 Å². The van der Waals surface area contributed by atoms with Crippen molar-refractivity contribution in [2.24, 2.45) is 5.73 Å². The third-order valence-corrected chi connectivity index (χ3v) is 0.966. The van der Waals surface area contributed by atoms with Crippen LogP contribution in [0.2, 0.25) is 0 Å². The van der Waals surface area contributed by atoms with E-state index in [-0.39, 0.29) is 4.32 Å². The standard InChI is InChI=1S/C6H15NO2.CH3NS2/c1-8-5-3-7-4-6-9-2;2-1(3)4/h7H,3-6H2,1-2H3;(H3,2,3,4). The zero-order valence-electron chi connectivity index (χ0n) is 8.08. The van der Waals surface area contributed by atoms with Gasteiger partial charge in [0.05, 0.1) is 13.2 Å². The molecule has 0 radical (unpaired) electrons. The molecular formula is C7H18N2O2S2. The van der Waals surface area contributed by atoms with E-state index < -0.39 is 0 Å². The molecule has 3 N–H and O–H groups in total. The summed E-state index contributed by atoms with van der Waals surface area (Å²) < 4.78 is 9.83. The predicted molar refractivity (Wildman–Crippen MR) is 62.4 cm³/mol. The van der Waals surface area contributed by atoms with Crippen LogP contribution >= 0.6 is 24.8 Å². The van der Waals surface area contributed by atoms with Crippen LogP contribution in [-0.4, -0.2) is 44.8 Å². The average molecular weight is 226 g/mol. The maximum absolute atomic E-state index is 4.82. The van der Waals surface area contributed by atoms with E-state index in [1.807, 2.05) is 0 Å². The number of hydrogen-bond donors (Lipinski definition) is 3. The molecule has 0 amide bonds. The van der Waals surface area contributed by atoms with Crippen molar-refractivity contribution in [3.63, 3.8) is 0 Å². The first-order chi connectivity index (χ1) is 6.15. The number of nitrogens with one attached hydrogen (secondary N) is 1. The molecule has 0 saturated heterocycles. The summed E-state index contributed by atoms with van der Waals surface area (Å²) in [5, 5.41) is 3.14. The van der Waals surface area contributed by atoms with Crippen LogP contribution in [0.15, 0.2) is 0 Å². The molecule has 0 heterocycles. The van der Waals surface area contributed by atoms with E-state index in [0.717, 1.165) is 26.3 Å². The molecule has 0 unspecified atom stereocenters. The lowest BCUT2D eigenvalue weighted by molar-refractivity contribution is 0.180. The Morgan fingerprint density at radius 3 is 1.85 bits per heavy atom. The number of methoxy groups -OCH3 is 2. The third kappa shape index (κ3) is 33.1. The highest BCUT2D eigenvalue weighted by Crippen LogP contribution is 1.65. The topological polar surface area (TPSA) is 56.5 Å². The SMILES string of the molecule is COCCNCCOC.NC(=S)S. The predicted octanol–water partition coefficient (Wildman–Crippen LogP) is 0.0286. The summed E-state index contributed by atoms with van der Waals surface area (Å²) in [5.41, 5.74) is 4.71. The molecule has 0 bridgehead atoms. The van der Waals surface area contributed by atoms with Crippen LogP contribution in [0.25, 0.3) is 0 Å². The van der Waals surface area contributed by atoms with Gasteiger partial charge in [-0.3, -0.25) is 0 Å². The fraction of sp³-hybridized carbons (Fsp3) is 0.857. The Balaban J connectivity index is 0. The van der Waals surface area contributed by atoms with E-state index in [4.69, 9.17) is 15.2 Å². The van der Waals surface area contributed by atoms with Gasteiger partial charge in [0.1, 0.15) is 4.32 Å². The Kier molecular flexibility index (Phi) is 17.5. The molecule has 0 atom stereocenters. The van der Waals surface area contributed by atoms with E-state index in [9.17, 15) is 0 Å². The summed E-state index contributed by atoms with van der Waals surface area (Å²) in [6.45, 7) is 3.34.